The van der Waals surface area contributed by atoms with Crippen LogP contribution >= 0.6 is 11.8 Å². The summed E-state index contributed by atoms with van der Waals surface area (Å²) in [6.45, 7) is 8.39. The zero-order valence-corrected chi connectivity index (χ0v) is 23.8. The lowest BCUT2D eigenvalue weighted by Gasteiger charge is -2.25. The quantitative estimate of drug-likeness (QED) is 0.339. The molecule has 0 saturated heterocycles. The number of hydrogen-bond donors (Lipinski definition) is 1. The third-order valence-electron chi connectivity index (χ3n) is 6.83. The minimum atomic E-state index is -0.377. The Morgan fingerprint density at radius 2 is 1.85 bits per heavy atom. The van der Waals surface area contributed by atoms with Crippen LogP contribution in [-0.4, -0.2) is 38.9 Å². The first-order chi connectivity index (χ1) is 19.1. The number of benzene rings is 2. The van der Waals surface area contributed by atoms with Gasteiger partial charge in [0, 0.05) is 29.9 Å². The Labute approximate surface area is 237 Å². The van der Waals surface area contributed by atoms with E-state index in [0.717, 1.165) is 33.6 Å². The van der Waals surface area contributed by atoms with Crippen LogP contribution in [0, 0.1) is 12.7 Å². The summed E-state index contributed by atoms with van der Waals surface area (Å²) in [5.41, 5.74) is 4.85. The summed E-state index contributed by atoms with van der Waals surface area (Å²) < 4.78 is 15.7. The Balaban J connectivity index is 1.66. The number of rotatable bonds is 6. The number of halogens is 1. The highest BCUT2D eigenvalue weighted by molar-refractivity contribution is 8.00. The van der Waals surface area contributed by atoms with Crippen LogP contribution in [0.5, 0.6) is 0 Å². The molecule has 206 valence electrons. The maximum atomic E-state index is 13.9. The van der Waals surface area contributed by atoms with Crippen LogP contribution in [-0.2, 0) is 21.5 Å². The van der Waals surface area contributed by atoms with E-state index in [1.807, 2.05) is 43.3 Å². The molecule has 2 amide bonds. The van der Waals surface area contributed by atoms with Gasteiger partial charge in [-0.1, -0.05) is 57.2 Å². The third-order valence-corrected chi connectivity index (χ3v) is 8.08. The molecule has 1 aliphatic rings. The Hall–Kier alpha value is -3.98. The SMILES string of the molecule is Cc1ccccc1-n1nc(C(C)(C)C)c2c1N(CC(=O)NCc1cccnc1)C(=O)CS[C@H]2c1ccc(F)cc1. The molecule has 1 N–H and O–H groups in total. The van der Waals surface area contributed by atoms with Crippen LogP contribution < -0.4 is 10.2 Å². The number of aromatic nitrogens is 3. The van der Waals surface area contributed by atoms with Gasteiger partial charge in [-0.15, -0.1) is 11.8 Å². The van der Waals surface area contributed by atoms with E-state index in [2.05, 4.69) is 31.1 Å². The fourth-order valence-electron chi connectivity index (χ4n) is 4.85. The summed E-state index contributed by atoms with van der Waals surface area (Å²) in [4.78, 5) is 32.7. The molecular formula is C31H32FN5O2S. The van der Waals surface area contributed by atoms with Gasteiger partial charge in [0.2, 0.25) is 11.8 Å². The van der Waals surface area contributed by atoms with Crippen molar-refractivity contribution in [2.45, 2.75) is 44.9 Å². The van der Waals surface area contributed by atoms with Crippen LogP contribution in [0.2, 0.25) is 0 Å². The number of fused-ring (bicyclic) bond motifs is 1. The van der Waals surface area contributed by atoms with Crippen molar-refractivity contribution in [3.05, 3.63) is 107 Å². The van der Waals surface area contributed by atoms with E-state index in [9.17, 15) is 14.0 Å². The summed E-state index contributed by atoms with van der Waals surface area (Å²) in [5.74, 6) is -0.0765. The van der Waals surface area contributed by atoms with Crippen LogP contribution in [0.15, 0.2) is 73.1 Å². The zero-order chi connectivity index (χ0) is 28.4. The Kier molecular flexibility index (Phi) is 7.76. The van der Waals surface area contributed by atoms with Crippen molar-refractivity contribution in [2.24, 2.45) is 0 Å². The summed E-state index contributed by atoms with van der Waals surface area (Å²) >= 11 is 1.47. The molecule has 4 aromatic rings. The first-order valence-corrected chi connectivity index (χ1v) is 14.2. The van der Waals surface area contributed by atoms with E-state index in [4.69, 9.17) is 5.10 Å². The molecule has 0 fully saturated rings. The summed E-state index contributed by atoms with van der Waals surface area (Å²) in [5, 5.41) is 7.75. The lowest BCUT2D eigenvalue weighted by molar-refractivity contribution is -0.123. The van der Waals surface area contributed by atoms with E-state index >= 15 is 0 Å². The molecule has 9 heteroatoms. The minimum absolute atomic E-state index is 0.157. The Bertz CT molecular complexity index is 1530. The normalized spacial score (nSPS) is 15.5. The number of carbonyl (C=O) groups excluding carboxylic acids is 2. The fraction of sp³-hybridized carbons (Fsp3) is 0.290. The van der Waals surface area contributed by atoms with Gasteiger partial charge in [0.15, 0.2) is 0 Å². The van der Waals surface area contributed by atoms with Crippen LogP contribution in [0.25, 0.3) is 5.69 Å². The number of anilines is 1. The van der Waals surface area contributed by atoms with Crippen molar-refractivity contribution in [3.63, 3.8) is 0 Å². The summed E-state index contributed by atoms with van der Waals surface area (Å²) in [6.07, 6.45) is 3.37. The van der Waals surface area contributed by atoms with Gasteiger partial charge in [-0.25, -0.2) is 9.07 Å². The topological polar surface area (TPSA) is 80.1 Å². The number of amides is 2. The number of para-hydroxylation sites is 1. The molecule has 0 radical (unpaired) electrons. The maximum Gasteiger partial charge on any atom is 0.240 e. The standard InChI is InChI=1S/C31H32FN5O2S/c1-20-8-5-6-10-24(20)37-30-27(29(35-37)31(2,3)4)28(22-11-13-23(32)14-12-22)40-19-26(39)36(30)18-25(38)34-17-21-9-7-15-33-16-21/h5-16,28H,17-19H2,1-4H3,(H,34,38)/t28-/m0/s1. The lowest BCUT2D eigenvalue weighted by Crippen LogP contribution is -2.42. The largest absolute Gasteiger partial charge is 0.350 e. The van der Waals surface area contributed by atoms with Crippen LogP contribution in [0.1, 0.15) is 54.0 Å². The van der Waals surface area contributed by atoms with Gasteiger partial charge in [0.25, 0.3) is 0 Å². The lowest BCUT2D eigenvalue weighted by atomic mass is 9.87. The first-order valence-electron chi connectivity index (χ1n) is 13.2. The minimum Gasteiger partial charge on any atom is -0.350 e. The number of nitrogens with zero attached hydrogens (tertiary/aromatic N) is 4. The predicted octanol–water partition coefficient (Wildman–Crippen LogP) is 5.50. The van der Waals surface area contributed by atoms with Crippen molar-refractivity contribution < 1.29 is 14.0 Å². The summed E-state index contributed by atoms with van der Waals surface area (Å²) in [7, 11) is 0. The molecule has 0 unspecified atom stereocenters. The molecule has 5 rings (SSSR count). The first kappa shape index (κ1) is 27.6. The number of pyridine rings is 1. The van der Waals surface area contributed by atoms with Gasteiger partial charge < -0.3 is 5.32 Å². The molecule has 2 aromatic heterocycles. The number of aryl methyl sites for hydroxylation is 1. The smallest absolute Gasteiger partial charge is 0.240 e. The molecule has 1 aliphatic heterocycles. The average molecular weight is 558 g/mol. The molecular weight excluding hydrogens is 525 g/mol. The van der Waals surface area contributed by atoms with Gasteiger partial charge in [0.05, 0.1) is 22.4 Å². The second-order valence-corrected chi connectivity index (χ2v) is 12.0. The van der Waals surface area contributed by atoms with Gasteiger partial charge in [-0.05, 0) is 47.9 Å². The van der Waals surface area contributed by atoms with Crippen molar-refractivity contribution in [1.29, 1.82) is 0 Å². The van der Waals surface area contributed by atoms with Crippen molar-refractivity contribution >= 4 is 29.4 Å². The zero-order valence-electron chi connectivity index (χ0n) is 23.0. The highest BCUT2D eigenvalue weighted by Gasteiger charge is 2.40. The second kappa shape index (κ2) is 11.3. The number of nitrogens with one attached hydrogen (secondary N) is 1. The average Bonchev–Trinajstić information content (AvgIpc) is 3.26. The van der Waals surface area contributed by atoms with E-state index in [1.165, 1.54) is 23.9 Å². The van der Waals surface area contributed by atoms with Crippen molar-refractivity contribution in [1.82, 2.24) is 20.1 Å². The molecule has 0 bridgehead atoms. The van der Waals surface area contributed by atoms with E-state index in [0.29, 0.717) is 12.4 Å². The molecule has 7 nitrogen and oxygen atoms in total. The fourth-order valence-corrected chi connectivity index (χ4v) is 6.04. The molecule has 0 aliphatic carbocycles. The molecule has 1 atom stereocenters. The second-order valence-electron chi connectivity index (χ2n) is 10.9. The molecule has 0 spiro atoms. The van der Waals surface area contributed by atoms with Crippen LogP contribution in [0.4, 0.5) is 10.2 Å². The monoisotopic (exact) mass is 557 g/mol. The molecule has 0 saturated carbocycles. The number of hydrogen-bond acceptors (Lipinski definition) is 5. The van der Waals surface area contributed by atoms with Gasteiger partial charge in [-0.3, -0.25) is 19.5 Å². The molecule has 3 heterocycles. The van der Waals surface area contributed by atoms with E-state index in [-0.39, 0.29) is 40.6 Å². The molecule has 2 aromatic carbocycles. The van der Waals surface area contributed by atoms with Gasteiger partial charge >= 0.3 is 0 Å². The Morgan fingerprint density at radius 1 is 1.10 bits per heavy atom. The highest BCUT2D eigenvalue weighted by Crippen LogP contribution is 2.48. The van der Waals surface area contributed by atoms with Crippen LogP contribution in [0.3, 0.4) is 0 Å². The van der Waals surface area contributed by atoms with Crippen molar-refractivity contribution in [2.75, 3.05) is 17.2 Å². The highest BCUT2D eigenvalue weighted by atomic mass is 32.2. The number of thioether (sulfide) groups is 1. The van der Waals surface area contributed by atoms with Gasteiger partial charge in [-0.2, -0.15) is 5.10 Å². The Morgan fingerprint density at radius 3 is 2.52 bits per heavy atom. The molecule has 40 heavy (non-hydrogen) atoms. The van der Waals surface area contributed by atoms with Crippen molar-refractivity contribution in [3.8, 4) is 5.69 Å². The predicted molar refractivity (Wildman–Crippen MR) is 156 cm³/mol. The number of carbonyl (C=O) groups is 2. The van der Waals surface area contributed by atoms with E-state index < -0.39 is 0 Å². The third kappa shape index (κ3) is 5.65. The van der Waals surface area contributed by atoms with E-state index in [1.54, 1.807) is 34.1 Å². The summed E-state index contributed by atoms with van der Waals surface area (Å²) in [6, 6.07) is 17.9. The maximum absolute atomic E-state index is 13.9. The van der Waals surface area contributed by atoms with Gasteiger partial charge in [0.1, 0.15) is 18.2 Å².